The molecule has 0 radical (unpaired) electrons. The van der Waals surface area contributed by atoms with Gasteiger partial charge in [0.05, 0.1) is 41.3 Å². The SMILES string of the molecule is COc1ccc(CC(=O)c2c(Cl)cncc2Cl)c2c1OCC1(COC1)CO2. The van der Waals surface area contributed by atoms with Crippen LogP contribution in [0.5, 0.6) is 17.2 Å². The van der Waals surface area contributed by atoms with Crippen molar-refractivity contribution in [2.45, 2.75) is 6.42 Å². The van der Waals surface area contributed by atoms with E-state index >= 15 is 0 Å². The first kappa shape index (κ1) is 18.3. The van der Waals surface area contributed by atoms with Crippen LogP contribution in [0.3, 0.4) is 0 Å². The molecule has 1 saturated heterocycles. The third-order valence-electron chi connectivity index (χ3n) is 4.72. The molecule has 1 aromatic heterocycles. The Morgan fingerprint density at radius 3 is 2.37 bits per heavy atom. The van der Waals surface area contributed by atoms with E-state index in [4.69, 9.17) is 42.1 Å². The summed E-state index contributed by atoms with van der Waals surface area (Å²) in [4.78, 5) is 16.7. The van der Waals surface area contributed by atoms with Crippen LogP contribution in [0, 0.1) is 5.41 Å². The fourth-order valence-electron chi connectivity index (χ4n) is 3.17. The van der Waals surface area contributed by atoms with E-state index in [9.17, 15) is 4.79 Å². The van der Waals surface area contributed by atoms with Gasteiger partial charge in [0.1, 0.15) is 13.2 Å². The third-order valence-corrected chi connectivity index (χ3v) is 5.30. The lowest BCUT2D eigenvalue weighted by atomic mass is 9.88. The summed E-state index contributed by atoms with van der Waals surface area (Å²) >= 11 is 12.2. The van der Waals surface area contributed by atoms with Gasteiger partial charge in [-0.05, 0) is 6.07 Å². The normalized spacial score (nSPS) is 17.1. The molecule has 4 rings (SSSR count). The Morgan fingerprint density at radius 2 is 1.78 bits per heavy atom. The van der Waals surface area contributed by atoms with E-state index in [-0.39, 0.29) is 33.2 Å². The van der Waals surface area contributed by atoms with Gasteiger partial charge in [-0.2, -0.15) is 0 Å². The van der Waals surface area contributed by atoms with E-state index in [1.807, 2.05) is 0 Å². The first-order chi connectivity index (χ1) is 13.0. The van der Waals surface area contributed by atoms with Crippen LogP contribution in [0.4, 0.5) is 0 Å². The minimum Gasteiger partial charge on any atom is -0.493 e. The lowest BCUT2D eigenvalue weighted by Crippen LogP contribution is -2.50. The van der Waals surface area contributed by atoms with Crippen LogP contribution in [-0.4, -0.2) is 44.3 Å². The van der Waals surface area contributed by atoms with Gasteiger partial charge in [-0.3, -0.25) is 9.78 Å². The highest BCUT2D eigenvalue weighted by Gasteiger charge is 2.43. The minimum atomic E-state index is -0.227. The topological polar surface area (TPSA) is 66.9 Å². The second kappa shape index (κ2) is 7.19. The van der Waals surface area contributed by atoms with Crippen LogP contribution in [0.1, 0.15) is 15.9 Å². The highest BCUT2D eigenvalue weighted by atomic mass is 35.5. The molecule has 2 aromatic rings. The summed E-state index contributed by atoms with van der Waals surface area (Å²) < 4.78 is 22.8. The number of hydrogen-bond donors (Lipinski definition) is 0. The maximum absolute atomic E-state index is 12.8. The highest BCUT2D eigenvalue weighted by molar-refractivity contribution is 6.39. The van der Waals surface area contributed by atoms with E-state index in [2.05, 4.69) is 4.98 Å². The number of ether oxygens (including phenoxy) is 4. The summed E-state index contributed by atoms with van der Waals surface area (Å²) in [6.45, 7) is 2.08. The molecule has 0 unspecified atom stereocenters. The number of carbonyl (C=O) groups is 1. The number of pyridine rings is 1. The third kappa shape index (κ3) is 3.33. The van der Waals surface area contributed by atoms with Crippen molar-refractivity contribution in [1.29, 1.82) is 0 Å². The molecule has 142 valence electrons. The van der Waals surface area contributed by atoms with E-state index in [1.165, 1.54) is 12.4 Å². The van der Waals surface area contributed by atoms with Crippen molar-refractivity contribution >= 4 is 29.0 Å². The number of Topliss-reactive ketones (excluding diaryl/α,β-unsaturated/α-hetero) is 1. The average molecular weight is 410 g/mol. The van der Waals surface area contributed by atoms with Crippen LogP contribution in [0.2, 0.25) is 10.0 Å². The van der Waals surface area contributed by atoms with Crippen molar-refractivity contribution < 1.29 is 23.7 Å². The van der Waals surface area contributed by atoms with Crippen LogP contribution in [0.25, 0.3) is 0 Å². The van der Waals surface area contributed by atoms with E-state index < -0.39 is 0 Å². The number of methoxy groups -OCH3 is 1. The molecule has 1 fully saturated rings. The van der Waals surface area contributed by atoms with Crippen molar-refractivity contribution in [2.24, 2.45) is 5.41 Å². The van der Waals surface area contributed by atoms with E-state index in [0.29, 0.717) is 49.2 Å². The number of nitrogens with zero attached hydrogens (tertiary/aromatic N) is 1. The number of rotatable bonds is 4. The Balaban J connectivity index is 1.67. The largest absolute Gasteiger partial charge is 0.493 e. The lowest BCUT2D eigenvalue weighted by Gasteiger charge is -2.38. The van der Waals surface area contributed by atoms with Gasteiger partial charge < -0.3 is 18.9 Å². The molecular weight excluding hydrogens is 393 g/mol. The van der Waals surface area contributed by atoms with Crippen LogP contribution in [-0.2, 0) is 11.2 Å². The second-order valence-corrected chi connectivity index (χ2v) is 7.55. The number of aromatic nitrogens is 1. The second-order valence-electron chi connectivity index (χ2n) is 6.73. The quantitative estimate of drug-likeness (QED) is 0.718. The summed E-state index contributed by atoms with van der Waals surface area (Å²) in [7, 11) is 1.56. The molecular formula is C19H17Cl2NO5. The standard InChI is InChI=1S/C19H17Cl2NO5/c1-24-15-3-2-11(4-14(23)16-12(20)5-22-6-13(16)21)17-18(15)27-10-19(9-26-17)7-25-8-19/h2-3,5-6H,4,7-10H2,1H3. The molecule has 6 nitrogen and oxygen atoms in total. The average Bonchev–Trinajstić information content (AvgIpc) is 2.82. The van der Waals surface area contributed by atoms with Crippen molar-refractivity contribution in [3.63, 3.8) is 0 Å². The molecule has 0 N–H and O–H groups in total. The van der Waals surface area contributed by atoms with Gasteiger partial charge in [-0.25, -0.2) is 0 Å². The molecule has 8 heteroatoms. The maximum Gasteiger partial charge on any atom is 0.203 e. The fraction of sp³-hybridized carbons (Fsp3) is 0.368. The number of benzene rings is 1. The Bertz CT molecular complexity index is 878. The molecule has 2 aliphatic heterocycles. The van der Waals surface area contributed by atoms with Crippen molar-refractivity contribution in [2.75, 3.05) is 33.5 Å². The van der Waals surface area contributed by atoms with Crippen LogP contribution >= 0.6 is 23.2 Å². The molecule has 3 heterocycles. The Morgan fingerprint density at radius 1 is 1.11 bits per heavy atom. The summed E-state index contributed by atoms with van der Waals surface area (Å²) in [6, 6.07) is 3.55. The van der Waals surface area contributed by atoms with Gasteiger partial charge in [-0.15, -0.1) is 0 Å². The summed E-state index contributed by atoms with van der Waals surface area (Å²) in [5, 5.41) is 0.435. The first-order valence-corrected chi connectivity index (χ1v) is 9.14. The number of carbonyl (C=O) groups excluding carboxylic acids is 1. The van der Waals surface area contributed by atoms with E-state index in [0.717, 1.165) is 0 Å². The Labute approximate surface area is 166 Å². The summed E-state index contributed by atoms with van der Waals surface area (Å²) in [5.74, 6) is 1.33. The first-order valence-electron chi connectivity index (χ1n) is 8.38. The molecule has 0 bridgehead atoms. The van der Waals surface area contributed by atoms with Gasteiger partial charge in [0.25, 0.3) is 0 Å². The van der Waals surface area contributed by atoms with Gasteiger partial charge in [0.2, 0.25) is 5.75 Å². The molecule has 0 saturated carbocycles. The molecule has 0 amide bonds. The predicted octanol–water partition coefficient (Wildman–Crippen LogP) is 3.61. The van der Waals surface area contributed by atoms with Gasteiger partial charge >= 0.3 is 0 Å². The van der Waals surface area contributed by atoms with Gasteiger partial charge in [0, 0.05) is 24.4 Å². The van der Waals surface area contributed by atoms with Crippen molar-refractivity contribution in [1.82, 2.24) is 4.98 Å². The highest BCUT2D eigenvalue weighted by Crippen LogP contribution is 2.45. The lowest BCUT2D eigenvalue weighted by molar-refractivity contribution is -0.143. The zero-order chi connectivity index (χ0) is 19.0. The summed E-state index contributed by atoms with van der Waals surface area (Å²) in [6.07, 6.45) is 2.85. The molecule has 0 aliphatic carbocycles. The zero-order valence-corrected chi connectivity index (χ0v) is 16.1. The predicted molar refractivity (Wildman–Crippen MR) is 99.5 cm³/mol. The minimum absolute atomic E-state index is 0.0582. The number of fused-ring (bicyclic) bond motifs is 1. The van der Waals surface area contributed by atoms with Crippen LogP contribution in [0.15, 0.2) is 24.5 Å². The number of ketones is 1. The summed E-state index contributed by atoms with van der Waals surface area (Å²) in [5.41, 5.74) is 0.761. The van der Waals surface area contributed by atoms with E-state index in [1.54, 1.807) is 19.2 Å². The zero-order valence-electron chi connectivity index (χ0n) is 14.6. The fourth-order valence-corrected chi connectivity index (χ4v) is 3.74. The molecule has 27 heavy (non-hydrogen) atoms. The molecule has 2 aliphatic rings. The van der Waals surface area contributed by atoms with Gasteiger partial charge in [0.15, 0.2) is 17.3 Å². The van der Waals surface area contributed by atoms with Crippen LogP contribution < -0.4 is 14.2 Å². The smallest absolute Gasteiger partial charge is 0.203 e. The monoisotopic (exact) mass is 409 g/mol. The van der Waals surface area contributed by atoms with Crippen molar-refractivity contribution in [3.8, 4) is 17.2 Å². The number of hydrogen-bond acceptors (Lipinski definition) is 6. The molecule has 0 atom stereocenters. The molecule has 1 aromatic carbocycles. The Kier molecular flexibility index (Phi) is 4.88. The van der Waals surface area contributed by atoms with Gasteiger partial charge in [-0.1, -0.05) is 29.3 Å². The molecule has 1 spiro atoms. The number of halogens is 2. The van der Waals surface area contributed by atoms with Crippen molar-refractivity contribution in [3.05, 3.63) is 45.7 Å². The maximum atomic E-state index is 12.8. The Hall–Kier alpha value is -2.02.